The van der Waals surface area contributed by atoms with E-state index in [1.54, 1.807) is 0 Å². The first-order valence-corrected chi connectivity index (χ1v) is 8.68. The zero-order valence-electron chi connectivity index (χ0n) is 13.3. The topological polar surface area (TPSA) is 49.3 Å². The van der Waals surface area contributed by atoms with Crippen molar-refractivity contribution in [1.29, 1.82) is 0 Å². The van der Waals surface area contributed by atoms with Gasteiger partial charge in [0.25, 0.3) is 0 Å². The summed E-state index contributed by atoms with van der Waals surface area (Å²) in [6.45, 7) is 8.96. The van der Waals surface area contributed by atoms with E-state index in [9.17, 15) is 0 Å². The molecule has 1 fully saturated rings. The highest BCUT2D eigenvalue weighted by molar-refractivity contribution is 8.00. The number of pyridine rings is 1. The Labute approximate surface area is 132 Å². The fraction of sp³-hybridized carbons (Fsp3) is 0.625. The summed E-state index contributed by atoms with van der Waals surface area (Å²) < 4.78 is 0.344. The second kappa shape index (κ2) is 7.69. The number of rotatable bonds is 5. The van der Waals surface area contributed by atoms with Gasteiger partial charge in [-0.3, -0.25) is 4.98 Å². The molecule has 1 aromatic heterocycles. The largest absolute Gasteiger partial charge is 0.357 e. The summed E-state index contributed by atoms with van der Waals surface area (Å²) in [7, 11) is 0. The number of nitrogens with one attached hydrogen (secondary N) is 2. The first-order valence-electron chi connectivity index (χ1n) is 7.69. The van der Waals surface area contributed by atoms with Gasteiger partial charge < -0.3 is 10.6 Å². The fourth-order valence-corrected chi connectivity index (χ4v) is 3.67. The molecule has 1 saturated heterocycles. The fourth-order valence-electron chi connectivity index (χ4n) is 2.43. The van der Waals surface area contributed by atoms with Crippen LogP contribution < -0.4 is 10.6 Å². The maximum absolute atomic E-state index is 4.66. The molecule has 1 aliphatic heterocycles. The van der Waals surface area contributed by atoms with Crippen molar-refractivity contribution in [1.82, 2.24) is 15.6 Å². The molecule has 0 aromatic carbocycles. The third-order valence-corrected chi connectivity index (χ3v) is 5.32. The summed E-state index contributed by atoms with van der Waals surface area (Å²) in [5.41, 5.74) is 2.23. The lowest BCUT2D eigenvalue weighted by Gasteiger charge is -2.24. The Morgan fingerprint density at radius 3 is 3.00 bits per heavy atom. The minimum atomic E-state index is 0.344. The molecule has 4 nitrogen and oxygen atoms in total. The van der Waals surface area contributed by atoms with Crippen LogP contribution in [0.2, 0.25) is 0 Å². The molecule has 0 spiro atoms. The maximum atomic E-state index is 4.66. The van der Waals surface area contributed by atoms with Gasteiger partial charge in [-0.15, -0.1) is 0 Å². The third kappa shape index (κ3) is 4.92. The van der Waals surface area contributed by atoms with Gasteiger partial charge in [0.2, 0.25) is 0 Å². The Morgan fingerprint density at radius 1 is 1.48 bits per heavy atom. The summed E-state index contributed by atoms with van der Waals surface area (Å²) in [5.74, 6) is 2.16. The van der Waals surface area contributed by atoms with Crippen molar-refractivity contribution in [3.63, 3.8) is 0 Å². The highest BCUT2D eigenvalue weighted by atomic mass is 32.2. The lowest BCUT2D eigenvalue weighted by molar-refractivity contribution is 0.584. The van der Waals surface area contributed by atoms with Gasteiger partial charge in [-0.2, -0.15) is 11.8 Å². The zero-order valence-corrected chi connectivity index (χ0v) is 14.1. The van der Waals surface area contributed by atoms with E-state index in [2.05, 4.69) is 59.2 Å². The summed E-state index contributed by atoms with van der Waals surface area (Å²) in [4.78, 5) is 9.05. The van der Waals surface area contributed by atoms with Crippen LogP contribution in [0.15, 0.2) is 23.3 Å². The molecule has 2 heterocycles. The highest BCUT2D eigenvalue weighted by Crippen LogP contribution is 2.36. The maximum Gasteiger partial charge on any atom is 0.191 e. The van der Waals surface area contributed by atoms with E-state index in [-0.39, 0.29) is 0 Å². The SMILES string of the molecule is CCNC(=NCc1ncccc1C)NCC1(C)CCCS1. The Kier molecular flexibility index (Phi) is 5.91. The van der Waals surface area contributed by atoms with E-state index in [1.807, 2.05) is 12.3 Å². The van der Waals surface area contributed by atoms with Crippen LogP contribution in [0.3, 0.4) is 0 Å². The van der Waals surface area contributed by atoms with Crippen molar-refractivity contribution >= 4 is 17.7 Å². The van der Waals surface area contributed by atoms with Crippen LogP contribution in [-0.2, 0) is 6.54 Å². The number of aliphatic imine (C=N–C) groups is 1. The molecule has 1 aliphatic rings. The van der Waals surface area contributed by atoms with Crippen LogP contribution in [-0.4, -0.2) is 34.5 Å². The summed E-state index contributed by atoms with van der Waals surface area (Å²) in [5, 5.41) is 6.80. The van der Waals surface area contributed by atoms with Crippen LogP contribution in [0.4, 0.5) is 0 Å². The third-order valence-electron chi connectivity index (χ3n) is 3.78. The molecule has 21 heavy (non-hydrogen) atoms. The molecule has 2 N–H and O–H groups in total. The van der Waals surface area contributed by atoms with Crippen LogP contribution in [0, 0.1) is 6.92 Å². The molecule has 1 unspecified atom stereocenters. The zero-order chi connectivity index (χ0) is 15.1. The Balaban J connectivity index is 1.94. The number of aromatic nitrogens is 1. The van der Waals surface area contributed by atoms with Gasteiger partial charge in [0.1, 0.15) is 0 Å². The van der Waals surface area contributed by atoms with Crippen molar-refractivity contribution in [2.24, 2.45) is 4.99 Å². The normalized spacial score (nSPS) is 22.3. The molecule has 1 atom stereocenters. The number of hydrogen-bond donors (Lipinski definition) is 2. The predicted molar refractivity (Wildman–Crippen MR) is 91.9 cm³/mol. The molecule has 5 heteroatoms. The average Bonchev–Trinajstić information content (AvgIpc) is 2.91. The number of nitrogens with zero attached hydrogens (tertiary/aromatic N) is 2. The van der Waals surface area contributed by atoms with E-state index in [4.69, 9.17) is 0 Å². The molecule has 0 amide bonds. The number of aryl methyl sites for hydroxylation is 1. The molecule has 0 aliphatic carbocycles. The van der Waals surface area contributed by atoms with Gasteiger partial charge in [0.05, 0.1) is 12.2 Å². The van der Waals surface area contributed by atoms with Crippen LogP contribution in [0.25, 0.3) is 0 Å². The Bertz CT molecular complexity index is 481. The first-order chi connectivity index (χ1) is 10.1. The Hall–Kier alpha value is -1.23. The van der Waals surface area contributed by atoms with E-state index in [0.717, 1.165) is 24.7 Å². The minimum absolute atomic E-state index is 0.344. The lowest BCUT2D eigenvalue weighted by Crippen LogP contribution is -2.43. The van der Waals surface area contributed by atoms with Crippen molar-refractivity contribution in [3.05, 3.63) is 29.6 Å². The van der Waals surface area contributed by atoms with E-state index in [1.165, 1.54) is 24.2 Å². The summed E-state index contributed by atoms with van der Waals surface area (Å²) in [6, 6.07) is 4.04. The van der Waals surface area contributed by atoms with E-state index < -0.39 is 0 Å². The van der Waals surface area contributed by atoms with Gasteiger partial charge in [-0.25, -0.2) is 4.99 Å². The molecule has 0 bridgehead atoms. The second-order valence-corrected chi connectivity index (χ2v) is 7.40. The molecular weight excluding hydrogens is 280 g/mol. The highest BCUT2D eigenvalue weighted by Gasteiger charge is 2.29. The van der Waals surface area contributed by atoms with Gasteiger partial charge in [0, 0.05) is 24.0 Å². The minimum Gasteiger partial charge on any atom is -0.357 e. The van der Waals surface area contributed by atoms with Gasteiger partial charge in [-0.1, -0.05) is 6.07 Å². The van der Waals surface area contributed by atoms with Crippen molar-refractivity contribution < 1.29 is 0 Å². The number of thioether (sulfide) groups is 1. The molecule has 0 saturated carbocycles. The standard InChI is InChI=1S/C16H26N4S/c1-4-17-15(20-12-16(3)8-6-10-21-16)19-11-14-13(2)7-5-9-18-14/h5,7,9H,4,6,8,10-12H2,1-3H3,(H2,17,19,20). The summed E-state index contributed by atoms with van der Waals surface area (Å²) >= 11 is 2.06. The molecular formula is C16H26N4S. The predicted octanol–water partition coefficient (Wildman–Crippen LogP) is 2.73. The molecule has 2 rings (SSSR count). The average molecular weight is 306 g/mol. The van der Waals surface area contributed by atoms with Crippen molar-refractivity contribution in [2.45, 2.75) is 44.9 Å². The molecule has 1 aromatic rings. The Morgan fingerprint density at radius 2 is 2.33 bits per heavy atom. The van der Waals surface area contributed by atoms with Gasteiger partial charge in [0.15, 0.2) is 5.96 Å². The number of hydrogen-bond acceptors (Lipinski definition) is 3. The second-order valence-electron chi connectivity index (χ2n) is 5.72. The monoisotopic (exact) mass is 306 g/mol. The molecule has 0 radical (unpaired) electrons. The summed E-state index contributed by atoms with van der Waals surface area (Å²) in [6.07, 6.45) is 4.43. The van der Waals surface area contributed by atoms with E-state index in [0.29, 0.717) is 11.3 Å². The van der Waals surface area contributed by atoms with Crippen LogP contribution in [0.1, 0.15) is 37.9 Å². The van der Waals surface area contributed by atoms with E-state index >= 15 is 0 Å². The van der Waals surface area contributed by atoms with Crippen LogP contribution in [0.5, 0.6) is 0 Å². The van der Waals surface area contributed by atoms with Crippen LogP contribution >= 0.6 is 11.8 Å². The lowest BCUT2D eigenvalue weighted by atomic mass is 10.1. The quantitative estimate of drug-likeness (QED) is 0.649. The first kappa shape index (κ1) is 16.1. The smallest absolute Gasteiger partial charge is 0.191 e. The van der Waals surface area contributed by atoms with Crippen molar-refractivity contribution in [2.75, 3.05) is 18.8 Å². The molecule has 116 valence electrons. The van der Waals surface area contributed by atoms with Gasteiger partial charge >= 0.3 is 0 Å². The van der Waals surface area contributed by atoms with Gasteiger partial charge in [-0.05, 0) is 51.0 Å². The van der Waals surface area contributed by atoms with Crippen molar-refractivity contribution in [3.8, 4) is 0 Å². The number of guanidine groups is 1.